The molecule has 3 aromatic rings. The highest BCUT2D eigenvalue weighted by molar-refractivity contribution is 5.48. The fraction of sp³-hybridized carbons (Fsp3) is 0.250. The predicted octanol–water partition coefficient (Wildman–Crippen LogP) is 0.886. The van der Waals surface area contributed by atoms with Crippen molar-refractivity contribution in [3.05, 3.63) is 42.7 Å². The van der Waals surface area contributed by atoms with Gasteiger partial charge in [0.15, 0.2) is 0 Å². The van der Waals surface area contributed by atoms with Crippen molar-refractivity contribution < 1.29 is 0 Å². The van der Waals surface area contributed by atoms with Crippen molar-refractivity contribution in [2.45, 2.75) is 20.0 Å². The zero-order valence-electron chi connectivity index (χ0n) is 11.0. The van der Waals surface area contributed by atoms with Gasteiger partial charge in [-0.2, -0.15) is 5.10 Å². The van der Waals surface area contributed by atoms with Gasteiger partial charge in [-0.05, 0) is 41.6 Å². The van der Waals surface area contributed by atoms with E-state index in [9.17, 15) is 0 Å². The summed E-state index contributed by atoms with van der Waals surface area (Å²) in [7, 11) is 0. The van der Waals surface area contributed by atoms with Gasteiger partial charge in [0.05, 0.1) is 12.2 Å². The molecule has 8 nitrogen and oxygen atoms in total. The molecule has 0 aliphatic heterocycles. The molecule has 102 valence electrons. The van der Waals surface area contributed by atoms with E-state index in [1.165, 1.54) is 0 Å². The summed E-state index contributed by atoms with van der Waals surface area (Å²) in [6.45, 7) is 3.49. The minimum atomic E-state index is 0.637. The Morgan fingerprint density at radius 1 is 1.20 bits per heavy atom. The van der Waals surface area contributed by atoms with Crippen molar-refractivity contribution in [3.63, 3.8) is 0 Å². The lowest BCUT2D eigenvalue weighted by Gasteiger charge is -2.07. The maximum absolute atomic E-state index is 4.22. The van der Waals surface area contributed by atoms with Crippen molar-refractivity contribution in [1.82, 2.24) is 35.0 Å². The predicted molar refractivity (Wildman–Crippen MR) is 72.2 cm³/mol. The molecule has 0 aliphatic rings. The third-order valence-electron chi connectivity index (χ3n) is 2.93. The topological polar surface area (TPSA) is 86.3 Å². The van der Waals surface area contributed by atoms with E-state index in [1.807, 2.05) is 35.9 Å². The first-order valence-electron chi connectivity index (χ1n) is 6.31. The summed E-state index contributed by atoms with van der Waals surface area (Å²) in [5.74, 6) is 0.914. The van der Waals surface area contributed by atoms with E-state index in [0.717, 1.165) is 23.7 Å². The average Bonchev–Trinajstić information content (AvgIpc) is 3.16. The molecule has 0 radical (unpaired) electrons. The number of aromatic nitrogens is 7. The van der Waals surface area contributed by atoms with Crippen LogP contribution in [0.1, 0.15) is 12.7 Å². The SMILES string of the molecule is CCn1ncnc1CNc1ccc(-n2cnnn2)cc1. The zero-order valence-corrected chi connectivity index (χ0v) is 11.0. The van der Waals surface area contributed by atoms with E-state index in [0.29, 0.717) is 6.54 Å². The summed E-state index contributed by atoms with van der Waals surface area (Å²) in [5, 5.41) is 18.5. The molecule has 0 saturated heterocycles. The van der Waals surface area contributed by atoms with Crippen LogP contribution in [0.15, 0.2) is 36.9 Å². The second kappa shape index (κ2) is 5.47. The standard InChI is InChI=1S/C12H14N8/c1-2-19-12(14-8-16-19)7-13-10-3-5-11(6-4-10)20-9-15-17-18-20/h3-6,8-9,13H,2,7H2,1H3. The number of nitrogens with zero attached hydrogens (tertiary/aromatic N) is 7. The number of anilines is 1. The third-order valence-corrected chi connectivity index (χ3v) is 2.93. The van der Waals surface area contributed by atoms with Crippen LogP contribution in [-0.2, 0) is 13.1 Å². The fourth-order valence-corrected chi connectivity index (χ4v) is 1.88. The normalized spacial score (nSPS) is 10.7. The molecule has 1 N–H and O–H groups in total. The van der Waals surface area contributed by atoms with E-state index < -0.39 is 0 Å². The van der Waals surface area contributed by atoms with Crippen molar-refractivity contribution in [2.75, 3.05) is 5.32 Å². The highest BCUT2D eigenvalue weighted by Crippen LogP contribution is 2.12. The molecule has 1 aromatic carbocycles. The van der Waals surface area contributed by atoms with Crippen LogP contribution >= 0.6 is 0 Å². The second-order valence-corrected chi connectivity index (χ2v) is 4.15. The van der Waals surface area contributed by atoms with Crippen LogP contribution in [0.4, 0.5) is 5.69 Å². The molecule has 2 aromatic heterocycles. The highest BCUT2D eigenvalue weighted by atomic mass is 15.5. The number of tetrazole rings is 1. The molecule has 0 bridgehead atoms. The summed E-state index contributed by atoms with van der Waals surface area (Å²) >= 11 is 0. The van der Waals surface area contributed by atoms with Gasteiger partial charge in [-0.3, -0.25) is 0 Å². The van der Waals surface area contributed by atoms with E-state index >= 15 is 0 Å². The molecule has 8 heteroatoms. The number of hydrogen-bond acceptors (Lipinski definition) is 6. The van der Waals surface area contributed by atoms with Crippen LogP contribution in [-0.4, -0.2) is 35.0 Å². The maximum Gasteiger partial charge on any atom is 0.146 e. The van der Waals surface area contributed by atoms with E-state index in [4.69, 9.17) is 0 Å². The van der Waals surface area contributed by atoms with Gasteiger partial charge in [-0.1, -0.05) is 0 Å². The smallest absolute Gasteiger partial charge is 0.146 e. The number of aryl methyl sites for hydroxylation is 1. The monoisotopic (exact) mass is 270 g/mol. The van der Waals surface area contributed by atoms with Crippen LogP contribution in [0.5, 0.6) is 0 Å². The Labute approximate surface area is 115 Å². The molecular weight excluding hydrogens is 256 g/mol. The van der Waals surface area contributed by atoms with E-state index in [-0.39, 0.29) is 0 Å². The minimum Gasteiger partial charge on any atom is -0.378 e. The Morgan fingerprint density at radius 2 is 2.05 bits per heavy atom. The summed E-state index contributed by atoms with van der Waals surface area (Å²) < 4.78 is 3.47. The third kappa shape index (κ3) is 2.48. The minimum absolute atomic E-state index is 0.637. The average molecular weight is 270 g/mol. The van der Waals surface area contributed by atoms with Gasteiger partial charge in [0, 0.05) is 12.2 Å². The molecule has 0 fully saturated rings. The van der Waals surface area contributed by atoms with Crippen molar-refractivity contribution in [3.8, 4) is 5.69 Å². The first kappa shape index (κ1) is 12.3. The van der Waals surface area contributed by atoms with Gasteiger partial charge in [0.1, 0.15) is 18.5 Å². The Bertz CT molecular complexity index is 655. The van der Waals surface area contributed by atoms with Gasteiger partial charge in [0.2, 0.25) is 0 Å². The molecule has 2 heterocycles. The van der Waals surface area contributed by atoms with Gasteiger partial charge in [-0.25, -0.2) is 14.3 Å². The zero-order chi connectivity index (χ0) is 13.8. The Balaban J connectivity index is 1.67. The second-order valence-electron chi connectivity index (χ2n) is 4.15. The van der Waals surface area contributed by atoms with E-state index in [1.54, 1.807) is 17.3 Å². The molecule has 0 aliphatic carbocycles. The molecule has 0 spiro atoms. The Hall–Kier alpha value is -2.77. The lowest BCUT2D eigenvalue weighted by atomic mass is 10.3. The molecule has 0 atom stereocenters. The van der Waals surface area contributed by atoms with Crippen LogP contribution in [0.2, 0.25) is 0 Å². The number of hydrogen-bond donors (Lipinski definition) is 1. The largest absolute Gasteiger partial charge is 0.378 e. The van der Waals surface area contributed by atoms with E-state index in [2.05, 4.69) is 30.9 Å². The summed E-state index contributed by atoms with van der Waals surface area (Å²) in [6.07, 6.45) is 3.13. The van der Waals surface area contributed by atoms with Crippen molar-refractivity contribution in [1.29, 1.82) is 0 Å². The molecule has 20 heavy (non-hydrogen) atoms. The van der Waals surface area contributed by atoms with Crippen LogP contribution in [0.3, 0.4) is 0 Å². The molecule has 0 amide bonds. The van der Waals surface area contributed by atoms with Crippen molar-refractivity contribution in [2.24, 2.45) is 0 Å². The Kier molecular flexibility index (Phi) is 3.36. The van der Waals surface area contributed by atoms with Crippen LogP contribution < -0.4 is 5.32 Å². The van der Waals surface area contributed by atoms with Gasteiger partial charge in [0.25, 0.3) is 0 Å². The molecule has 0 saturated carbocycles. The van der Waals surface area contributed by atoms with Crippen LogP contribution in [0, 0.1) is 0 Å². The first-order chi connectivity index (χ1) is 9.86. The summed E-state index contributed by atoms with van der Waals surface area (Å²) in [6, 6.07) is 7.85. The van der Waals surface area contributed by atoms with Gasteiger partial charge < -0.3 is 5.32 Å². The van der Waals surface area contributed by atoms with Crippen LogP contribution in [0.25, 0.3) is 5.69 Å². The van der Waals surface area contributed by atoms with Gasteiger partial charge in [-0.15, -0.1) is 5.10 Å². The van der Waals surface area contributed by atoms with Crippen molar-refractivity contribution >= 4 is 5.69 Å². The quantitative estimate of drug-likeness (QED) is 0.740. The Morgan fingerprint density at radius 3 is 2.75 bits per heavy atom. The lowest BCUT2D eigenvalue weighted by molar-refractivity contribution is 0.622. The fourth-order valence-electron chi connectivity index (χ4n) is 1.88. The summed E-state index contributed by atoms with van der Waals surface area (Å²) in [5.41, 5.74) is 1.92. The highest BCUT2D eigenvalue weighted by Gasteiger charge is 2.02. The van der Waals surface area contributed by atoms with Gasteiger partial charge >= 0.3 is 0 Å². The number of benzene rings is 1. The first-order valence-corrected chi connectivity index (χ1v) is 6.31. The molecular formula is C12H14N8. The summed E-state index contributed by atoms with van der Waals surface area (Å²) in [4.78, 5) is 4.22. The molecule has 3 rings (SSSR count). The maximum atomic E-state index is 4.22. The number of rotatable bonds is 5. The lowest BCUT2D eigenvalue weighted by Crippen LogP contribution is -2.09. The number of nitrogens with one attached hydrogen (secondary N) is 1. The molecule has 0 unspecified atom stereocenters.